The quantitative estimate of drug-likeness (QED) is 0.245. The third kappa shape index (κ3) is 8.77. The van der Waals surface area contributed by atoms with Gasteiger partial charge in [-0.15, -0.1) is 0 Å². The number of nitrogens with one attached hydrogen (secondary N) is 3. The van der Waals surface area contributed by atoms with Gasteiger partial charge in [0.1, 0.15) is 12.1 Å². The maximum Gasteiger partial charge on any atom is 0.407 e. The Bertz CT molecular complexity index is 1520. The Morgan fingerprint density at radius 2 is 1.67 bits per heavy atom. The van der Waals surface area contributed by atoms with Gasteiger partial charge < -0.3 is 45.2 Å². The first-order valence-corrected chi connectivity index (χ1v) is 16.4. The number of carbonyl (C=O) groups is 6. The molecule has 3 heterocycles. The van der Waals surface area contributed by atoms with Gasteiger partial charge in [-0.1, -0.05) is 18.2 Å². The van der Waals surface area contributed by atoms with Crippen LogP contribution in [0.25, 0.3) is 5.69 Å². The molecule has 49 heavy (non-hydrogen) atoms. The average molecular weight is 683 g/mol. The first-order valence-electron chi connectivity index (χ1n) is 16.4. The van der Waals surface area contributed by atoms with Gasteiger partial charge in [0.2, 0.25) is 17.7 Å². The van der Waals surface area contributed by atoms with Gasteiger partial charge in [0.15, 0.2) is 12.3 Å². The van der Waals surface area contributed by atoms with Crippen LogP contribution in [0, 0.1) is 0 Å². The van der Waals surface area contributed by atoms with E-state index in [-0.39, 0.29) is 68.6 Å². The molecule has 264 valence electrons. The zero-order valence-corrected chi connectivity index (χ0v) is 27.3. The minimum atomic E-state index is -1.09. The summed E-state index contributed by atoms with van der Waals surface area (Å²) in [5.41, 5.74) is 0.453. The van der Waals surface area contributed by atoms with Crippen LogP contribution in [-0.2, 0) is 19.1 Å². The fourth-order valence-corrected chi connectivity index (χ4v) is 5.96. The van der Waals surface area contributed by atoms with E-state index in [4.69, 9.17) is 4.74 Å². The minimum Gasteiger partial charge on any atom is -0.467 e. The monoisotopic (exact) mass is 682 g/mol. The zero-order chi connectivity index (χ0) is 34.9. The standard InChI is InChI=1S/C32H42N8O9/c1-48-31(45)33-13-12-23(30(44)37-15-17-38(18-16-37)32(46)47)35-28(42)24-19-27(40(36-24)22-9-3-2-4-10-22)49-20-26(41)39-14-6-11-25(39)29(43)34-21-7-5-8-21/h2-4,9-10,19,21,23,25H,5-8,11-18,20H2,1H3,(H,33,45)(H,34,43)(H,35,42)(H,46,47)/t23-,25-/m0/s1. The number of methoxy groups -OCH3 is 1. The van der Waals surface area contributed by atoms with Crippen molar-refractivity contribution in [3.63, 3.8) is 0 Å². The van der Waals surface area contributed by atoms with Crippen molar-refractivity contribution in [1.82, 2.24) is 40.4 Å². The largest absolute Gasteiger partial charge is 0.467 e. The van der Waals surface area contributed by atoms with Gasteiger partial charge in [0, 0.05) is 51.4 Å². The van der Waals surface area contributed by atoms with E-state index >= 15 is 0 Å². The van der Waals surface area contributed by atoms with Gasteiger partial charge in [-0.3, -0.25) is 19.2 Å². The second-order valence-corrected chi connectivity index (χ2v) is 12.1. The van der Waals surface area contributed by atoms with Crippen molar-refractivity contribution in [2.45, 2.75) is 56.7 Å². The highest BCUT2D eigenvalue weighted by molar-refractivity contribution is 5.96. The van der Waals surface area contributed by atoms with Crippen molar-refractivity contribution >= 4 is 35.8 Å². The van der Waals surface area contributed by atoms with Crippen molar-refractivity contribution in [2.24, 2.45) is 0 Å². The molecule has 2 aliphatic heterocycles. The molecule has 17 nitrogen and oxygen atoms in total. The molecule has 0 unspecified atom stereocenters. The van der Waals surface area contributed by atoms with Gasteiger partial charge in [-0.05, 0) is 50.7 Å². The predicted molar refractivity (Wildman–Crippen MR) is 172 cm³/mol. The molecule has 0 spiro atoms. The molecule has 0 bridgehead atoms. The summed E-state index contributed by atoms with van der Waals surface area (Å²) >= 11 is 0. The Morgan fingerprint density at radius 1 is 0.959 bits per heavy atom. The number of aromatic nitrogens is 2. The Morgan fingerprint density at radius 3 is 2.33 bits per heavy atom. The summed E-state index contributed by atoms with van der Waals surface area (Å²) in [6, 6.07) is 8.70. The molecule has 1 aliphatic carbocycles. The Kier molecular flexibility index (Phi) is 11.5. The highest BCUT2D eigenvalue weighted by atomic mass is 16.5. The number of likely N-dealkylation sites (tertiary alicyclic amines) is 1. The third-order valence-corrected chi connectivity index (χ3v) is 8.93. The van der Waals surface area contributed by atoms with E-state index < -0.39 is 42.7 Å². The Labute approximate surface area is 282 Å². The molecule has 6 amide bonds. The number of alkyl carbamates (subject to hydrolysis) is 1. The third-order valence-electron chi connectivity index (χ3n) is 8.93. The average Bonchev–Trinajstić information content (AvgIpc) is 3.77. The maximum absolute atomic E-state index is 13.6. The number of amides is 6. The molecule has 0 radical (unpaired) electrons. The summed E-state index contributed by atoms with van der Waals surface area (Å²) in [5.74, 6) is -1.59. The lowest BCUT2D eigenvalue weighted by atomic mass is 9.93. The Balaban J connectivity index is 1.29. The second-order valence-electron chi connectivity index (χ2n) is 12.1. The van der Waals surface area contributed by atoms with E-state index in [2.05, 4.69) is 25.8 Å². The van der Waals surface area contributed by atoms with Gasteiger partial charge in [-0.25, -0.2) is 14.3 Å². The molecule has 3 fully saturated rings. The van der Waals surface area contributed by atoms with E-state index in [0.29, 0.717) is 25.1 Å². The smallest absolute Gasteiger partial charge is 0.407 e. The molecule has 5 rings (SSSR count). The number of rotatable bonds is 12. The number of carbonyl (C=O) groups excluding carboxylic acids is 5. The molecule has 1 saturated carbocycles. The summed E-state index contributed by atoms with van der Waals surface area (Å²) in [4.78, 5) is 80.4. The van der Waals surface area contributed by atoms with Crippen LogP contribution >= 0.6 is 0 Å². The summed E-state index contributed by atoms with van der Waals surface area (Å²) in [6.45, 7) is 0.549. The summed E-state index contributed by atoms with van der Waals surface area (Å²) in [6.07, 6.45) is 2.47. The van der Waals surface area contributed by atoms with E-state index in [1.165, 1.54) is 32.6 Å². The summed E-state index contributed by atoms with van der Waals surface area (Å²) in [7, 11) is 1.20. The minimum absolute atomic E-state index is 0.00352. The lowest BCUT2D eigenvalue weighted by molar-refractivity contribution is -0.140. The fraction of sp³-hybridized carbons (Fsp3) is 0.531. The number of piperazine rings is 1. The Hall–Kier alpha value is -5.35. The lowest BCUT2D eigenvalue weighted by Gasteiger charge is -2.35. The molecule has 1 aromatic heterocycles. The van der Waals surface area contributed by atoms with Gasteiger partial charge in [-0.2, -0.15) is 5.10 Å². The van der Waals surface area contributed by atoms with Crippen LogP contribution < -0.4 is 20.7 Å². The predicted octanol–water partition coefficient (Wildman–Crippen LogP) is 0.578. The number of hydrogen-bond acceptors (Lipinski definition) is 9. The van der Waals surface area contributed by atoms with Crippen molar-refractivity contribution in [1.29, 1.82) is 0 Å². The number of hydrogen-bond donors (Lipinski definition) is 4. The van der Waals surface area contributed by atoms with Crippen LogP contribution in [-0.4, -0.2) is 137 Å². The van der Waals surface area contributed by atoms with Crippen LogP contribution in [0.15, 0.2) is 36.4 Å². The summed E-state index contributed by atoms with van der Waals surface area (Å²) < 4.78 is 11.9. The number of benzene rings is 1. The molecule has 1 aromatic carbocycles. The number of ether oxygens (including phenoxy) is 2. The fourth-order valence-electron chi connectivity index (χ4n) is 5.96. The van der Waals surface area contributed by atoms with E-state index in [1.807, 2.05) is 6.07 Å². The second kappa shape index (κ2) is 16.2. The van der Waals surface area contributed by atoms with Crippen LogP contribution in [0.1, 0.15) is 49.0 Å². The van der Waals surface area contributed by atoms with Gasteiger partial charge >= 0.3 is 12.2 Å². The van der Waals surface area contributed by atoms with Crippen molar-refractivity contribution in [3.8, 4) is 11.6 Å². The van der Waals surface area contributed by atoms with Crippen molar-refractivity contribution < 1.29 is 43.3 Å². The van der Waals surface area contributed by atoms with Gasteiger partial charge in [0.25, 0.3) is 11.8 Å². The topological polar surface area (TPSA) is 205 Å². The molecular formula is C32H42N8O9. The highest BCUT2D eigenvalue weighted by Crippen LogP contribution is 2.24. The van der Waals surface area contributed by atoms with Crippen LogP contribution in [0.2, 0.25) is 0 Å². The van der Waals surface area contributed by atoms with Crippen LogP contribution in [0.3, 0.4) is 0 Å². The number of carboxylic acid groups (broad SMARTS) is 1. The number of para-hydroxylation sites is 1. The molecule has 2 atom stereocenters. The first kappa shape index (κ1) is 35.0. The van der Waals surface area contributed by atoms with E-state index in [0.717, 1.165) is 19.3 Å². The van der Waals surface area contributed by atoms with E-state index in [1.54, 1.807) is 24.3 Å². The van der Waals surface area contributed by atoms with E-state index in [9.17, 15) is 33.9 Å². The van der Waals surface area contributed by atoms with Crippen molar-refractivity contribution in [2.75, 3.05) is 53.0 Å². The first-order chi connectivity index (χ1) is 23.6. The zero-order valence-electron chi connectivity index (χ0n) is 27.3. The SMILES string of the molecule is COC(=O)NCC[C@H](NC(=O)c1cc(OCC(=O)N2CCC[C@H]2C(=O)NC2CCC2)n(-c2ccccc2)n1)C(=O)N1CCN(C(=O)O)CC1. The van der Waals surface area contributed by atoms with Crippen LogP contribution in [0.5, 0.6) is 5.88 Å². The molecule has 17 heteroatoms. The van der Waals surface area contributed by atoms with Crippen molar-refractivity contribution in [3.05, 3.63) is 42.1 Å². The molecule has 3 aliphatic rings. The molecular weight excluding hydrogens is 640 g/mol. The van der Waals surface area contributed by atoms with Gasteiger partial charge in [0.05, 0.1) is 12.8 Å². The number of nitrogens with zero attached hydrogens (tertiary/aromatic N) is 5. The maximum atomic E-state index is 13.6. The lowest BCUT2D eigenvalue weighted by Crippen LogP contribution is -2.56. The molecule has 4 N–H and O–H groups in total. The highest BCUT2D eigenvalue weighted by Gasteiger charge is 2.36. The van der Waals surface area contributed by atoms with Crippen LogP contribution in [0.4, 0.5) is 9.59 Å². The molecule has 2 aromatic rings. The molecule has 2 saturated heterocycles. The normalized spacial score (nSPS) is 18.2. The summed E-state index contributed by atoms with van der Waals surface area (Å²) in [5, 5.41) is 21.9.